The van der Waals surface area contributed by atoms with Gasteiger partial charge in [0.25, 0.3) is 5.91 Å². The molecule has 1 unspecified atom stereocenters. The Balaban J connectivity index is 1.86. The molecule has 0 radical (unpaired) electrons. The highest BCUT2D eigenvalue weighted by Gasteiger charge is 2.13. The van der Waals surface area contributed by atoms with Gasteiger partial charge in [-0.25, -0.2) is 9.37 Å². The van der Waals surface area contributed by atoms with Crippen LogP contribution in [0.4, 0.5) is 4.39 Å². The van der Waals surface area contributed by atoms with Crippen molar-refractivity contribution in [2.75, 3.05) is 6.61 Å². The number of rotatable bonds is 5. The highest BCUT2D eigenvalue weighted by molar-refractivity contribution is 6.32. The third kappa shape index (κ3) is 3.67. The molecule has 0 saturated heterocycles. The number of benzene rings is 1. The monoisotopic (exact) mass is 298 g/mol. The van der Waals surface area contributed by atoms with Gasteiger partial charge in [-0.3, -0.25) is 9.89 Å². The van der Waals surface area contributed by atoms with Crippen molar-refractivity contribution in [3.63, 3.8) is 0 Å². The molecule has 0 spiro atoms. The third-order valence-electron chi connectivity index (χ3n) is 2.47. The van der Waals surface area contributed by atoms with Crippen LogP contribution in [0.3, 0.4) is 0 Å². The van der Waals surface area contributed by atoms with Crippen molar-refractivity contribution < 1.29 is 13.9 Å². The van der Waals surface area contributed by atoms with E-state index in [1.165, 1.54) is 18.5 Å². The number of H-pyrrole nitrogens is 1. The van der Waals surface area contributed by atoms with Gasteiger partial charge in [-0.05, 0) is 25.1 Å². The number of carbonyl (C=O) groups is 1. The van der Waals surface area contributed by atoms with Crippen LogP contribution in [0.25, 0.3) is 0 Å². The molecule has 6 nitrogen and oxygen atoms in total. The topological polar surface area (TPSA) is 79.9 Å². The molecule has 8 heteroatoms. The number of amides is 1. The lowest BCUT2D eigenvalue weighted by molar-refractivity contribution is -0.123. The lowest BCUT2D eigenvalue weighted by Gasteiger charge is -2.12. The van der Waals surface area contributed by atoms with Crippen molar-refractivity contribution in [3.05, 3.63) is 41.2 Å². The minimum Gasteiger partial charge on any atom is -0.482 e. The smallest absolute Gasteiger partial charge is 0.258 e. The summed E-state index contributed by atoms with van der Waals surface area (Å²) in [4.78, 5) is 15.6. The van der Waals surface area contributed by atoms with Crippen molar-refractivity contribution in [1.29, 1.82) is 0 Å². The Hall–Kier alpha value is -2.15. The molecule has 0 aliphatic heterocycles. The van der Waals surface area contributed by atoms with Gasteiger partial charge in [0, 0.05) is 0 Å². The van der Waals surface area contributed by atoms with Gasteiger partial charge < -0.3 is 10.1 Å². The molecular weight excluding hydrogens is 287 g/mol. The largest absolute Gasteiger partial charge is 0.482 e. The number of aromatic nitrogens is 3. The molecule has 0 saturated carbocycles. The minimum atomic E-state index is -0.467. The second kappa shape index (κ2) is 6.33. The van der Waals surface area contributed by atoms with Crippen LogP contribution in [-0.2, 0) is 4.79 Å². The van der Waals surface area contributed by atoms with Crippen molar-refractivity contribution in [2.45, 2.75) is 13.0 Å². The molecule has 2 rings (SSSR count). The van der Waals surface area contributed by atoms with Crippen LogP contribution in [0.1, 0.15) is 18.8 Å². The van der Waals surface area contributed by atoms with Gasteiger partial charge in [0.15, 0.2) is 6.61 Å². The van der Waals surface area contributed by atoms with E-state index in [-0.39, 0.29) is 29.3 Å². The SMILES string of the molecule is CC(NC(=O)COc1ccc(F)cc1Cl)c1ncn[nH]1. The third-order valence-corrected chi connectivity index (χ3v) is 2.77. The predicted molar refractivity (Wildman–Crippen MR) is 69.8 cm³/mol. The Morgan fingerprint density at radius 2 is 2.40 bits per heavy atom. The molecule has 0 bridgehead atoms. The number of nitrogens with one attached hydrogen (secondary N) is 2. The minimum absolute atomic E-state index is 0.112. The van der Waals surface area contributed by atoms with Crippen molar-refractivity contribution in [2.24, 2.45) is 0 Å². The first-order valence-corrected chi connectivity index (χ1v) is 6.16. The number of hydrogen-bond donors (Lipinski definition) is 2. The molecule has 1 aromatic heterocycles. The molecular formula is C12H12ClFN4O2. The van der Waals surface area contributed by atoms with E-state index in [4.69, 9.17) is 16.3 Å². The molecule has 0 fully saturated rings. The molecule has 1 amide bonds. The predicted octanol–water partition coefficient (Wildman–Crippen LogP) is 1.85. The number of hydrogen-bond acceptors (Lipinski definition) is 4. The van der Waals surface area contributed by atoms with Gasteiger partial charge in [-0.1, -0.05) is 11.6 Å². The molecule has 1 heterocycles. The maximum absolute atomic E-state index is 12.8. The van der Waals surface area contributed by atoms with E-state index in [1.807, 2.05) is 0 Å². The van der Waals surface area contributed by atoms with E-state index in [0.717, 1.165) is 6.07 Å². The molecule has 1 atom stereocenters. The van der Waals surface area contributed by atoms with E-state index >= 15 is 0 Å². The van der Waals surface area contributed by atoms with E-state index in [1.54, 1.807) is 6.92 Å². The zero-order valence-corrected chi connectivity index (χ0v) is 11.3. The van der Waals surface area contributed by atoms with Crippen LogP contribution in [0.2, 0.25) is 5.02 Å². The quantitative estimate of drug-likeness (QED) is 0.883. The van der Waals surface area contributed by atoms with E-state index in [9.17, 15) is 9.18 Å². The van der Waals surface area contributed by atoms with Crippen LogP contribution in [0.5, 0.6) is 5.75 Å². The summed E-state index contributed by atoms with van der Waals surface area (Å²) < 4.78 is 18.1. The highest BCUT2D eigenvalue weighted by atomic mass is 35.5. The first-order chi connectivity index (χ1) is 9.56. The highest BCUT2D eigenvalue weighted by Crippen LogP contribution is 2.24. The number of carbonyl (C=O) groups excluding carboxylic acids is 1. The van der Waals surface area contributed by atoms with Crippen molar-refractivity contribution in [1.82, 2.24) is 20.5 Å². The maximum atomic E-state index is 12.8. The fraction of sp³-hybridized carbons (Fsp3) is 0.250. The molecule has 20 heavy (non-hydrogen) atoms. The van der Waals surface area contributed by atoms with E-state index < -0.39 is 5.82 Å². The number of halogens is 2. The van der Waals surface area contributed by atoms with E-state index in [2.05, 4.69) is 20.5 Å². The van der Waals surface area contributed by atoms with Gasteiger partial charge in [0.1, 0.15) is 23.7 Å². The first-order valence-electron chi connectivity index (χ1n) is 5.78. The summed E-state index contributed by atoms with van der Waals surface area (Å²) in [5.41, 5.74) is 0. The molecule has 1 aromatic carbocycles. The molecule has 2 N–H and O–H groups in total. The van der Waals surface area contributed by atoms with Crippen LogP contribution in [0.15, 0.2) is 24.5 Å². The Bertz CT molecular complexity index is 591. The number of aromatic amines is 1. The average Bonchev–Trinajstić information content (AvgIpc) is 2.91. The normalized spacial score (nSPS) is 11.9. The fourth-order valence-electron chi connectivity index (χ4n) is 1.51. The molecule has 0 aliphatic carbocycles. The average molecular weight is 299 g/mol. The summed E-state index contributed by atoms with van der Waals surface area (Å²) in [5.74, 6) is -0.0336. The zero-order chi connectivity index (χ0) is 14.5. The molecule has 2 aromatic rings. The maximum Gasteiger partial charge on any atom is 0.258 e. The van der Waals surface area contributed by atoms with Crippen LogP contribution in [0, 0.1) is 5.82 Å². The Morgan fingerprint density at radius 3 is 3.05 bits per heavy atom. The van der Waals surface area contributed by atoms with Gasteiger partial charge in [-0.2, -0.15) is 5.10 Å². The van der Waals surface area contributed by atoms with Crippen molar-refractivity contribution in [3.8, 4) is 5.75 Å². The Labute approximate surface area is 119 Å². The van der Waals surface area contributed by atoms with Crippen LogP contribution in [-0.4, -0.2) is 27.7 Å². The lowest BCUT2D eigenvalue weighted by atomic mass is 10.3. The Morgan fingerprint density at radius 1 is 1.60 bits per heavy atom. The van der Waals surface area contributed by atoms with Crippen LogP contribution < -0.4 is 10.1 Å². The van der Waals surface area contributed by atoms with Gasteiger partial charge in [0.2, 0.25) is 0 Å². The summed E-state index contributed by atoms with van der Waals surface area (Å²) in [6.45, 7) is 1.52. The second-order valence-corrected chi connectivity index (χ2v) is 4.43. The van der Waals surface area contributed by atoms with Gasteiger partial charge in [0.05, 0.1) is 11.1 Å². The number of nitrogens with zero attached hydrogens (tertiary/aromatic N) is 2. The summed E-state index contributed by atoms with van der Waals surface area (Å²) >= 11 is 5.78. The summed E-state index contributed by atoms with van der Waals surface area (Å²) in [5, 5.41) is 9.12. The molecule has 106 valence electrons. The second-order valence-electron chi connectivity index (χ2n) is 4.02. The van der Waals surface area contributed by atoms with Crippen LogP contribution >= 0.6 is 11.6 Å². The van der Waals surface area contributed by atoms with Gasteiger partial charge >= 0.3 is 0 Å². The zero-order valence-electron chi connectivity index (χ0n) is 10.6. The first kappa shape index (κ1) is 14.3. The summed E-state index contributed by atoms with van der Waals surface area (Å²) in [6, 6.07) is 3.37. The lowest BCUT2D eigenvalue weighted by Crippen LogP contribution is -2.31. The van der Waals surface area contributed by atoms with Crippen molar-refractivity contribution >= 4 is 17.5 Å². The fourth-order valence-corrected chi connectivity index (χ4v) is 1.73. The molecule has 0 aliphatic rings. The van der Waals surface area contributed by atoms with E-state index in [0.29, 0.717) is 5.82 Å². The standard InChI is InChI=1S/C12H12ClFN4O2/c1-7(12-15-6-16-18-12)17-11(19)5-20-10-3-2-8(14)4-9(10)13/h2-4,6-7H,5H2,1H3,(H,17,19)(H,15,16,18). The summed E-state index contributed by atoms with van der Waals surface area (Å²) in [7, 11) is 0. The van der Waals surface area contributed by atoms with Gasteiger partial charge in [-0.15, -0.1) is 0 Å². The number of ether oxygens (including phenoxy) is 1. The summed E-state index contributed by atoms with van der Waals surface area (Å²) in [6.07, 6.45) is 1.35. The Kier molecular flexibility index (Phi) is 4.52.